The van der Waals surface area contributed by atoms with Crippen LogP contribution < -0.4 is 10.6 Å². The number of anilines is 1. The van der Waals surface area contributed by atoms with E-state index in [1.807, 2.05) is 6.92 Å². The lowest BCUT2D eigenvalue weighted by atomic mass is 9.99. The van der Waals surface area contributed by atoms with E-state index >= 15 is 0 Å². The Morgan fingerprint density at radius 3 is 2.56 bits per heavy atom. The molecular formula is C20H24N4O. The molecule has 2 fully saturated rings. The molecule has 2 atom stereocenters. The van der Waals surface area contributed by atoms with Crippen molar-refractivity contribution in [2.45, 2.75) is 56.7 Å². The fourth-order valence-corrected chi connectivity index (χ4v) is 4.02. The molecule has 0 unspecified atom stereocenters. The van der Waals surface area contributed by atoms with Gasteiger partial charge in [0.2, 0.25) is 5.95 Å². The Labute approximate surface area is 147 Å². The zero-order valence-corrected chi connectivity index (χ0v) is 14.6. The van der Waals surface area contributed by atoms with Crippen molar-refractivity contribution in [2.24, 2.45) is 5.73 Å². The largest absolute Gasteiger partial charge is 0.389 e. The number of aryl methyl sites for hydroxylation is 1. The summed E-state index contributed by atoms with van der Waals surface area (Å²) in [5.74, 6) is 0.759. The highest BCUT2D eigenvalue weighted by atomic mass is 16.3. The molecule has 3 N–H and O–H groups in total. The Morgan fingerprint density at radius 1 is 1.16 bits per heavy atom. The number of aliphatic hydroxyl groups excluding tert-OH is 1. The van der Waals surface area contributed by atoms with E-state index < -0.39 is 0 Å². The highest BCUT2D eigenvalue weighted by molar-refractivity contribution is 5.67. The fourth-order valence-electron chi connectivity index (χ4n) is 4.02. The molecule has 3 aliphatic rings. The van der Waals surface area contributed by atoms with Gasteiger partial charge in [0.05, 0.1) is 17.8 Å². The number of nitrogens with two attached hydrogens (primary N) is 1. The molecule has 5 nitrogen and oxygen atoms in total. The Hall–Kier alpha value is -1.98. The summed E-state index contributed by atoms with van der Waals surface area (Å²) >= 11 is 0. The van der Waals surface area contributed by atoms with Gasteiger partial charge in [0, 0.05) is 28.9 Å². The van der Waals surface area contributed by atoms with E-state index in [0.29, 0.717) is 6.54 Å². The maximum atomic E-state index is 9.83. The van der Waals surface area contributed by atoms with Crippen LogP contribution in [0.2, 0.25) is 0 Å². The number of aromatic nitrogens is 2. The minimum absolute atomic E-state index is 0.0849. The van der Waals surface area contributed by atoms with Crippen LogP contribution in [-0.2, 0) is 18.4 Å². The predicted octanol–water partition coefficient (Wildman–Crippen LogP) is 2.15. The summed E-state index contributed by atoms with van der Waals surface area (Å²) in [4.78, 5) is 11.8. The van der Waals surface area contributed by atoms with Crippen LogP contribution in [0, 0.1) is 0 Å². The van der Waals surface area contributed by atoms with Gasteiger partial charge < -0.3 is 15.7 Å². The van der Waals surface area contributed by atoms with E-state index in [2.05, 4.69) is 29.2 Å². The number of β-amino-alcohol motifs (C(OH)–C–C–N with tert-alkyl or cyclic N) is 1. The Kier molecular flexibility index (Phi) is 3.21. The van der Waals surface area contributed by atoms with Crippen LogP contribution in [0.4, 0.5) is 5.95 Å². The monoisotopic (exact) mass is 336 g/mol. The van der Waals surface area contributed by atoms with Crippen molar-refractivity contribution in [1.29, 1.82) is 0 Å². The zero-order valence-electron chi connectivity index (χ0n) is 14.6. The van der Waals surface area contributed by atoms with Crippen LogP contribution in [-0.4, -0.2) is 33.8 Å². The molecule has 1 saturated carbocycles. The van der Waals surface area contributed by atoms with Gasteiger partial charge in [-0.15, -0.1) is 0 Å². The second kappa shape index (κ2) is 5.26. The van der Waals surface area contributed by atoms with Crippen molar-refractivity contribution in [3.8, 4) is 11.3 Å². The average molecular weight is 336 g/mol. The molecule has 2 aromatic rings. The summed E-state index contributed by atoms with van der Waals surface area (Å²) in [5, 5.41) is 9.83. The van der Waals surface area contributed by atoms with Crippen LogP contribution >= 0.6 is 0 Å². The first-order valence-corrected chi connectivity index (χ1v) is 9.29. The third-order valence-electron chi connectivity index (χ3n) is 6.13. The molecule has 2 heterocycles. The number of hydrogen-bond donors (Lipinski definition) is 2. The van der Waals surface area contributed by atoms with Gasteiger partial charge >= 0.3 is 0 Å². The van der Waals surface area contributed by atoms with E-state index in [4.69, 9.17) is 15.7 Å². The van der Waals surface area contributed by atoms with Crippen molar-refractivity contribution < 1.29 is 5.11 Å². The summed E-state index contributed by atoms with van der Waals surface area (Å²) in [6, 6.07) is 8.70. The van der Waals surface area contributed by atoms with Crippen molar-refractivity contribution >= 4 is 5.95 Å². The van der Waals surface area contributed by atoms with Crippen LogP contribution in [0.15, 0.2) is 24.3 Å². The minimum Gasteiger partial charge on any atom is -0.389 e. The molecule has 2 aliphatic carbocycles. The van der Waals surface area contributed by atoms with Crippen LogP contribution in [0.25, 0.3) is 11.3 Å². The molecule has 0 amide bonds. The summed E-state index contributed by atoms with van der Waals surface area (Å²) in [7, 11) is 0. The molecule has 130 valence electrons. The third kappa shape index (κ3) is 2.37. The molecule has 0 bridgehead atoms. The van der Waals surface area contributed by atoms with Crippen LogP contribution in [0.5, 0.6) is 0 Å². The summed E-state index contributed by atoms with van der Waals surface area (Å²) in [6.45, 7) is 2.64. The lowest BCUT2D eigenvalue weighted by molar-refractivity contribution is 0.0979. The van der Waals surface area contributed by atoms with E-state index in [0.717, 1.165) is 49.3 Å². The van der Waals surface area contributed by atoms with Crippen molar-refractivity contribution in [3.05, 3.63) is 41.1 Å². The van der Waals surface area contributed by atoms with E-state index in [1.54, 1.807) is 0 Å². The van der Waals surface area contributed by atoms with Gasteiger partial charge in [0.1, 0.15) is 0 Å². The van der Waals surface area contributed by atoms with Gasteiger partial charge in [-0.05, 0) is 44.6 Å². The second-order valence-electron chi connectivity index (χ2n) is 7.84. The van der Waals surface area contributed by atoms with Gasteiger partial charge in [0.15, 0.2) is 0 Å². The van der Waals surface area contributed by atoms with Crippen molar-refractivity contribution in [3.63, 3.8) is 0 Å². The summed E-state index contributed by atoms with van der Waals surface area (Å²) < 4.78 is 0. The lowest BCUT2D eigenvalue weighted by Gasteiger charge is -2.43. The summed E-state index contributed by atoms with van der Waals surface area (Å²) in [6.07, 6.45) is 5.09. The fraction of sp³-hybridized carbons (Fsp3) is 0.500. The predicted molar refractivity (Wildman–Crippen MR) is 97.4 cm³/mol. The number of nitrogens with zero attached hydrogens (tertiary/aromatic N) is 3. The standard InChI is InChI=1S/C20H24N4O/c1-12-17(25)11-24(12)19-22-16-4-2-3-15(16)18(23-19)13-5-7-14(8-6-13)20(21)9-10-20/h5-8,12,17,25H,2-4,9-11,21H2,1H3/t12-,17+/m0/s1. The molecule has 1 aromatic carbocycles. The molecule has 1 aliphatic heterocycles. The van der Waals surface area contributed by atoms with E-state index in [1.165, 1.54) is 16.8 Å². The highest BCUT2D eigenvalue weighted by Crippen LogP contribution is 2.43. The Balaban J connectivity index is 1.55. The number of hydrogen-bond acceptors (Lipinski definition) is 5. The molecule has 5 rings (SSSR count). The first-order valence-electron chi connectivity index (χ1n) is 9.29. The normalized spacial score (nSPS) is 26.3. The first kappa shape index (κ1) is 15.3. The van der Waals surface area contributed by atoms with Crippen LogP contribution in [0.3, 0.4) is 0 Å². The molecule has 0 spiro atoms. The third-order valence-corrected chi connectivity index (χ3v) is 6.13. The maximum absolute atomic E-state index is 9.83. The number of fused-ring (bicyclic) bond motifs is 1. The molecule has 25 heavy (non-hydrogen) atoms. The first-order chi connectivity index (χ1) is 12.0. The average Bonchev–Trinajstić information content (AvgIpc) is 3.21. The topological polar surface area (TPSA) is 75.3 Å². The van der Waals surface area contributed by atoms with Gasteiger partial charge in [-0.1, -0.05) is 24.3 Å². The smallest absolute Gasteiger partial charge is 0.226 e. The summed E-state index contributed by atoms with van der Waals surface area (Å²) in [5.41, 5.74) is 12.1. The highest BCUT2D eigenvalue weighted by Gasteiger charge is 2.40. The molecule has 0 radical (unpaired) electrons. The van der Waals surface area contributed by atoms with Gasteiger partial charge in [-0.2, -0.15) is 0 Å². The second-order valence-corrected chi connectivity index (χ2v) is 7.84. The SMILES string of the molecule is C[C@H]1[C@H](O)CN1c1nc2c(c(-c3ccc(C4(N)CC4)cc3)n1)CCC2. The van der Waals surface area contributed by atoms with Crippen molar-refractivity contribution in [2.75, 3.05) is 11.4 Å². The lowest BCUT2D eigenvalue weighted by Crippen LogP contribution is -2.59. The minimum atomic E-state index is -0.279. The Bertz CT molecular complexity index is 828. The molecule has 1 aromatic heterocycles. The zero-order chi connectivity index (χ0) is 17.2. The number of benzene rings is 1. The number of aliphatic hydroxyl groups is 1. The molecule has 5 heteroatoms. The maximum Gasteiger partial charge on any atom is 0.226 e. The Morgan fingerprint density at radius 2 is 1.92 bits per heavy atom. The van der Waals surface area contributed by atoms with Gasteiger partial charge in [-0.25, -0.2) is 9.97 Å². The quantitative estimate of drug-likeness (QED) is 0.898. The molecule has 1 saturated heterocycles. The van der Waals surface area contributed by atoms with Crippen molar-refractivity contribution in [1.82, 2.24) is 9.97 Å². The van der Waals surface area contributed by atoms with Gasteiger partial charge in [0.25, 0.3) is 0 Å². The van der Waals surface area contributed by atoms with Crippen LogP contribution in [0.1, 0.15) is 43.0 Å². The number of rotatable bonds is 3. The van der Waals surface area contributed by atoms with E-state index in [-0.39, 0.29) is 17.7 Å². The molecular weight excluding hydrogens is 312 g/mol. The van der Waals surface area contributed by atoms with E-state index in [9.17, 15) is 5.11 Å². The van der Waals surface area contributed by atoms with Gasteiger partial charge in [-0.3, -0.25) is 0 Å².